The van der Waals surface area contributed by atoms with Gasteiger partial charge < -0.3 is 0 Å². The summed E-state index contributed by atoms with van der Waals surface area (Å²) >= 11 is 0. The fourth-order valence-electron chi connectivity index (χ4n) is 1.38. The molecule has 0 aromatic carbocycles. The minimum Gasteiger partial charge on any atom is -0.295 e. The zero-order valence-corrected chi connectivity index (χ0v) is 8.03. The molecule has 0 aromatic heterocycles. The third-order valence-corrected chi connectivity index (χ3v) is 1.92. The molecule has 1 nitrogen and oxygen atoms in total. The van der Waals surface area contributed by atoms with Crippen LogP contribution in [0, 0.1) is 0 Å². The van der Waals surface area contributed by atoms with Crippen LogP contribution in [0.15, 0.2) is 11.1 Å². The molecule has 0 unspecified atom stereocenters. The number of carbonyl (C=O) groups is 1. The van der Waals surface area contributed by atoms with Crippen molar-refractivity contribution >= 4 is 5.78 Å². The van der Waals surface area contributed by atoms with Gasteiger partial charge >= 0.3 is 0 Å². The van der Waals surface area contributed by atoms with Crippen molar-refractivity contribution in [1.82, 2.24) is 0 Å². The van der Waals surface area contributed by atoms with Crippen LogP contribution >= 0.6 is 0 Å². The van der Waals surface area contributed by atoms with E-state index >= 15 is 0 Å². The maximum absolute atomic E-state index is 11.0. The number of hydrogen-bond donors (Lipinski definition) is 0. The molecule has 0 N–H and O–H groups in total. The Kier molecular flexibility index (Phi) is 4.84. The molecule has 0 saturated carbocycles. The molecule has 0 rings (SSSR count). The van der Waals surface area contributed by atoms with E-state index in [4.69, 9.17) is 0 Å². The van der Waals surface area contributed by atoms with Crippen LogP contribution < -0.4 is 0 Å². The predicted molar refractivity (Wildman–Crippen MR) is 48.6 cm³/mol. The Labute approximate surface area is 69.5 Å². The first-order valence-electron chi connectivity index (χ1n) is 4.33. The monoisotopic (exact) mass is 154 g/mol. The van der Waals surface area contributed by atoms with Crippen LogP contribution in [0.5, 0.6) is 0 Å². The van der Waals surface area contributed by atoms with E-state index in [0.717, 1.165) is 24.8 Å². The summed E-state index contributed by atoms with van der Waals surface area (Å²) in [7, 11) is 0. The second-order valence-electron chi connectivity index (χ2n) is 2.92. The van der Waals surface area contributed by atoms with Crippen LogP contribution in [0.4, 0.5) is 0 Å². The second kappa shape index (κ2) is 5.11. The van der Waals surface area contributed by atoms with Crippen LogP contribution in [-0.4, -0.2) is 5.78 Å². The van der Waals surface area contributed by atoms with Gasteiger partial charge in [-0.05, 0) is 32.3 Å². The van der Waals surface area contributed by atoms with Crippen molar-refractivity contribution in [3.05, 3.63) is 11.1 Å². The van der Waals surface area contributed by atoms with Gasteiger partial charge in [-0.1, -0.05) is 25.8 Å². The Hall–Kier alpha value is -0.590. The molecule has 11 heavy (non-hydrogen) atoms. The lowest BCUT2D eigenvalue weighted by Gasteiger charge is -2.05. The molecule has 64 valence electrons. The minimum absolute atomic E-state index is 0.235. The van der Waals surface area contributed by atoms with Crippen molar-refractivity contribution in [3.63, 3.8) is 0 Å². The summed E-state index contributed by atoms with van der Waals surface area (Å²) in [5.74, 6) is 0.235. The summed E-state index contributed by atoms with van der Waals surface area (Å²) in [4.78, 5) is 11.0. The van der Waals surface area contributed by atoms with Crippen molar-refractivity contribution < 1.29 is 4.79 Å². The molecule has 0 amide bonds. The quantitative estimate of drug-likeness (QED) is 0.569. The van der Waals surface area contributed by atoms with Crippen molar-refractivity contribution in [2.75, 3.05) is 0 Å². The molecule has 0 bridgehead atoms. The second-order valence-corrected chi connectivity index (χ2v) is 2.92. The number of carbonyl (C=O) groups excluding carboxylic acids is 1. The van der Waals surface area contributed by atoms with Crippen molar-refractivity contribution in [1.29, 1.82) is 0 Å². The lowest BCUT2D eigenvalue weighted by molar-refractivity contribution is -0.113. The average molecular weight is 154 g/mol. The fraction of sp³-hybridized carbons (Fsp3) is 0.700. The zero-order chi connectivity index (χ0) is 8.85. The van der Waals surface area contributed by atoms with Gasteiger partial charge in [-0.25, -0.2) is 0 Å². The van der Waals surface area contributed by atoms with Gasteiger partial charge in [-0.2, -0.15) is 0 Å². The Balaban J connectivity index is 4.40. The summed E-state index contributed by atoms with van der Waals surface area (Å²) in [5.41, 5.74) is 2.29. The molecule has 0 spiro atoms. The van der Waals surface area contributed by atoms with Gasteiger partial charge in [0.25, 0.3) is 0 Å². The van der Waals surface area contributed by atoms with E-state index in [1.807, 2.05) is 6.92 Å². The Morgan fingerprint density at radius 2 is 1.73 bits per heavy atom. The molecular formula is C10H18O. The molecule has 0 fully saturated rings. The normalized spacial score (nSPS) is 12.7. The number of hydrogen-bond acceptors (Lipinski definition) is 1. The number of allylic oxidation sites excluding steroid dienone is 2. The highest BCUT2D eigenvalue weighted by atomic mass is 16.1. The summed E-state index contributed by atoms with van der Waals surface area (Å²) in [5, 5.41) is 0. The number of ketones is 1. The Bertz CT molecular complexity index is 166. The highest BCUT2D eigenvalue weighted by molar-refractivity contribution is 5.93. The smallest absolute Gasteiger partial charge is 0.155 e. The van der Waals surface area contributed by atoms with Gasteiger partial charge in [0.2, 0.25) is 0 Å². The molecule has 0 aliphatic carbocycles. The van der Waals surface area contributed by atoms with Crippen LogP contribution in [0.25, 0.3) is 0 Å². The summed E-state index contributed by atoms with van der Waals surface area (Å²) in [6, 6.07) is 0. The van der Waals surface area contributed by atoms with Gasteiger partial charge in [0, 0.05) is 0 Å². The first kappa shape index (κ1) is 10.4. The van der Waals surface area contributed by atoms with E-state index in [-0.39, 0.29) is 5.78 Å². The lowest BCUT2D eigenvalue weighted by Crippen LogP contribution is -1.98. The number of Topliss-reactive ketones (excluding diaryl/α,β-unsaturated/α-hetero) is 1. The first-order valence-corrected chi connectivity index (χ1v) is 4.33. The van der Waals surface area contributed by atoms with E-state index in [2.05, 4.69) is 13.8 Å². The Morgan fingerprint density at radius 3 is 2.00 bits per heavy atom. The van der Waals surface area contributed by atoms with Gasteiger partial charge in [0.05, 0.1) is 0 Å². The van der Waals surface area contributed by atoms with Gasteiger partial charge in [-0.3, -0.25) is 4.79 Å². The van der Waals surface area contributed by atoms with Gasteiger partial charge in [0.15, 0.2) is 5.78 Å². The number of rotatable bonds is 4. The minimum atomic E-state index is 0.235. The standard InChI is InChI=1S/C10H18O/c1-5-7-8(3)10(6-2)9(4)11/h5-7H2,1-4H3. The molecule has 0 radical (unpaired) electrons. The van der Waals surface area contributed by atoms with E-state index < -0.39 is 0 Å². The Morgan fingerprint density at radius 1 is 1.18 bits per heavy atom. The van der Waals surface area contributed by atoms with Crippen molar-refractivity contribution in [2.24, 2.45) is 0 Å². The fourth-order valence-corrected chi connectivity index (χ4v) is 1.38. The third-order valence-electron chi connectivity index (χ3n) is 1.92. The first-order chi connectivity index (χ1) is 5.13. The summed E-state index contributed by atoms with van der Waals surface area (Å²) < 4.78 is 0. The van der Waals surface area contributed by atoms with E-state index in [0.29, 0.717) is 0 Å². The van der Waals surface area contributed by atoms with Crippen molar-refractivity contribution in [2.45, 2.75) is 47.0 Å². The molecule has 0 atom stereocenters. The van der Waals surface area contributed by atoms with Crippen LogP contribution in [-0.2, 0) is 4.79 Å². The van der Waals surface area contributed by atoms with E-state index in [1.54, 1.807) is 6.92 Å². The maximum Gasteiger partial charge on any atom is 0.155 e. The highest BCUT2D eigenvalue weighted by Gasteiger charge is 2.03. The molecular weight excluding hydrogens is 136 g/mol. The topological polar surface area (TPSA) is 17.1 Å². The lowest BCUT2D eigenvalue weighted by atomic mass is 10.0. The van der Waals surface area contributed by atoms with Crippen LogP contribution in [0.3, 0.4) is 0 Å². The molecule has 0 aliphatic rings. The largest absolute Gasteiger partial charge is 0.295 e. The molecule has 1 heteroatoms. The van der Waals surface area contributed by atoms with Gasteiger partial charge in [-0.15, -0.1) is 0 Å². The maximum atomic E-state index is 11.0. The van der Waals surface area contributed by atoms with Crippen molar-refractivity contribution in [3.8, 4) is 0 Å². The third kappa shape index (κ3) is 3.35. The van der Waals surface area contributed by atoms with E-state index in [1.165, 1.54) is 5.57 Å². The van der Waals surface area contributed by atoms with Crippen LogP contribution in [0.2, 0.25) is 0 Å². The summed E-state index contributed by atoms with van der Waals surface area (Å²) in [6.07, 6.45) is 3.06. The molecule has 0 saturated heterocycles. The molecule has 0 aliphatic heterocycles. The summed E-state index contributed by atoms with van der Waals surface area (Å²) in [6.45, 7) is 7.88. The molecule has 0 aromatic rings. The van der Waals surface area contributed by atoms with E-state index in [9.17, 15) is 4.79 Å². The zero-order valence-electron chi connectivity index (χ0n) is 8.03. The van der Waals surface area contributed by atoms with Gasteiger partial charge in [0.1, 0.15) is 0 Å². The predicted octanol–water partition coefficient (Wildman–Crippen LogP) is 3.10. The molecule has 0 heterocycles. The van der Waals surface area contributed by atoms with Crippen LogP contribution in [0.1, 0.15) is 47.0 Å². The highest BCUT2D eigenvalue weighted by Crippen LogP contribution is 2.14. The average Bonchev–Trinajstić information content (AvgIpc) is 1.88. The SMILES string of the molecule is CCCC(C)=C(CC)C(C)=O.